The van der Waals surface area contributed by atoms with Gasteiger partial charge in [-0.05, 0) is 93.4 Å². The zero-order valence-corrected chi connectivity index (χ0v) is 25.3. The van der Waals surface area contributed by atoms with Crippen LogP contribution in [0.5, 0.6) is 0 Å². The highest BCUT2D eigenvalue weighted by molar-refractivity contribution is 9.11. The third-order valence-corrected chi connectivity index (χ3v) is 11.4. The lowest BCUT2D eigenvalue weighted by Crippen LogP contribution is -2.05. The average Bonchev–Trinajstić information content (AvgIpc) is 3.64. The molecule has 6 rings (SSSR count). The zero-order chi connectivity index (χ0) is 25.1. The van der Waals surface area contributed by atoms with E-state index < -0.39 is 11.6 Å². The third kappa shape index (κ3) is 4.33. The van der Waals surface area contributed by atoms with E-state index in [1.807, 2.05) is 18.2 Å². The highest BCUT2D eigenvalue weighted by atomic mass is 79.9. The summed E-state index contributed by atoms with van der Waals surface area (Å²) in [4.78, 5) is 14.8. The predicted molar refractivity (Wildman–Crippen MR) is 158 cm³/mol. The number of thiophene rings is 3. The number of aryl methyl sites for hydroxylation is 1. The van der Waals surface area contributed by atoms with Gasteiger partial charge >= 0.3 is 0 Å². The molecule has 1 aliphatic heterocycles. The smallest absolute Gasteiger partial charge is 0.170 e. The van der Waals surface area contributed by atoms with Crippen LogP contribution >= 0.6 is 77.6 Å². The molecule has 0 fully saturated rings. The summed E-state index contributed by atoms with van der Waals surface area (Å²) in [5.41, 5.74) is 2.62. The average molecular weight is 682 g/mol. The molecule has 182 valence electrons. The van der Waals surface area contributed by atoms with Gasteiger partial charge in [-0.3, -0.25) is 0 Å². The fourth-order valence-electron chi connectivity index (χ4n) is 4.30. The highest BCUT2D eigenvalue weighted by Gasteiger charge is 2.30. The first-order valence-electron chi connectivity index (χ1n) is 10.9. The molecule has 5 heterocycles. The largest absolute Gasteiger partial charge is 0.247 e. The van der Waals surface area contributed by atoms with E-state index >= 15 is 8.78 Å². The van der Waals surface area contributed by atoms with Gasteiger partial charge in [0.1, 0.15) is 16.7 Å². The molecular weight excluding hydrogens is 666 g/mol. The normalized spacial score (nSPS) is 15.7. The Morgan fingerprint density at radius 2 is 1.36 bits per heavy atom. The van der Waals surface area contributed by atoms with Crippen LogP contribution in [0.2, 0.25) is 0 Å². The molecule has 0 spiro atoms. The first-order valence-corrected chi connectivity index (χ1v) is 15.9. The molecule has 0 bridgehead atoms. The van der Waals surface area contributed by atoms with E-state index in [2.05, 4.69) is 57.8 Å². The van der Waals surface area contributed by atoms with Gasteiger partial charge in [0.2, 0.25) is 0 Å². The third-order valence-electron chi connectivity index (χ3n) is 5.89. The number of benzene rings is 1. The van der Waals surface area contributed by atoms with Crippen molar-refractivity contribution in [3.63, 3.8) is 0 Å². The molecule has 0 saturated heterocycles. The second kappa shape index (κ2) is 9.71. The maximum Gasteiger partial charge on any atom is 0.170 e. The summed E-state index contributed by atoms with van der Waals surface area (Å²) >= 11 is 13.0. The van der Waals surface area contributed by atoms with Crippen molar-refractivity contribution in [1.82, 2.24) is 9.97 Å². The van der Waals surface area contributed by atoms with Crippen molar-refractivity contribution >= 4 is 88.7 Å². The summed E-state index contributed by atoms with van der Waals surface area (Å²) in [7, 11) is 0. The van der Waals surface area contributed by atoms with Gasteiger partial charge in [0.05, 0.1) is 34.5 Å². The lowest BCUT2D eigenvalue weighted by Gasteiger charge is -2.18. The lowest BCUT2D eigenvalue weighted by atomic mass is 10.0. The van der Waals surface area contributed by atoms with Crippen molar-refractivity contribution in [2.75, 3.05) is 0 Å². The number of hydrogen-bond donors (Lipinski definition) is 0. The van der Waals surface area contributed by atoms with Gasteiger partial charge in [-0.1, -0.05) is 6.08 Å². The van der Waals surface area contributed by atoms with Crippen LogP contribution in [0.4, 0.5) is 8.78 Å². The molecule has 1 aliphatic rings. The molecule has 1 unspecified atom stereocenters. The molecule has 10 heteroatoms. The molecule has 0 saturated carbocycles. The Hall–Kier alpha value is -1.43. The quantitative estimate of drug-likeness (QED) is 0.189. The highest BCUT2D eigenvalue weighted by Crippen LogP contribution is 2.49. The lowest BCUT2D eigenvalue weighted by molar-refractivity contribution is 0.515. The van der Waals surface area contributed by atoms with Gasteiger partial charge in [0.15, 0.2) is 11.6 Å². The number of aromatic nitrogens is 2. The molecule has 36 heavy (non-hydrogen) atoms. The Kier molecular flexibility index (Phi) is 6.71. The van der Waals surface area contributed by atoms with E-state index in [1.54, 1.807) is 35.2 Å². The van der Waals surface area contributed by atoms with Crippen molar-refractivity contribution in [2.24, 2.45) is 0 Å². The Bertz CT molecular complexity index is 1680. The number of allylic oxidation sites excluding steroid dienone is 2. The van der Waals surface area contributed by atoms with Crippen molar-refractivity contribution in [1.29, 1.82) is 0 Å². The number of rotatable bonds is 4. The monoisotopic (exact) mass is 680 g/mol. The van der Waals surface area contributed by atoms with Crippen LogP contribution in [-0.4, -0.2) is 9.97 Å². The SMILES string of the molecule is CC1=CCC(c2nc3c(-c4ccc(Br)s4)c(F)c(F)c(-c4ccc(Br)s4)c3nc2-c2ccc(C)s2)S1. The van der Waals surface area contributed by atoms with Gasteiger partial charge in [-0.2, -0.15) is 0 Å². The minimum absolute atomic E-state index is 0.0645. The molecule has 0 radical (unpaired) electrons. The first-order chi connectivity index (χ1) is 17.3. The van der Waals surface area contributed by atoms with Crippen LogP contribution in [0.1, 0.15) is 29.2 Å². The van der Waals surface area contributed by atoms with Crippen LogP contribution in [0, 0.1) is 18.6 Å². The van der Waals surface area contributed by atoms with E-state index in [1.165, 1.54) is 27.6 Å². The molecule has 0 aliphatic carbocycles. The van der Waals surface area contributed by atoms with Crippen molar-refractivity contribution in [2.45, 2.75) is 25.5 Å². The predicted octanol–water partition coefficient (Wildman–Crippen LogP) is 11.0. The van der Waals surface area contributed by atoms with Gasteiger partial charge in [0, 0.05) is 14.6 Å². The number of fused-ring (bicyclic) bond motifs is 1. The Morgan fingerprint density at radius 1 is 0.778 bits per heavy atom. The van der Waals surface area contributed by atoms with Crippen molar-refractivity contribution in [3.05, 3.63) is 77.2 Å². The summed E-state index contributed by atoms with van der Waals surface area (Å²) in [6.45, 7) is 4.14. The van der Waals surface area contributed by atoms with Crippen LogP contribution < -0.4 is 0 Å². The van der Waals surface area contributed by atoms with Crippen LogP contribution in [0.3, 0.4) is 0 Å². The van der Waals surface area contributed by atoms with Crippen LogP contribution in [-0.2, 0) is 0 Å². The fraction of sp³-hybridized carbons (Fsp3) is 0.154. The van der Waals surface area contributed by atoms with E-state index in [-0.39, 0.29) is 16.4 Å². The van der Waals surface area contributed by atoms with Crippen molar-refractivity contribution in [3.8, 4) is 31.5 Å². The zero-order valence-electron chi connectivity index (χ0n) is 18.9. The van der Waals surface area contributed by atoms with Gasteiger partial charge in [-0.15, -0.1) is 45.8 Å². The fourth-order valence-corrected chi connectivity index (χ4v) is 9.13. The Morgan fingerprint density at radius 3 is 1.83 bits per heavy atom. The summed E-state index contributed by atoms with van der Waals surface area (Å²) in [6.07, 6.45) is 3.02. The van der Waals surface area contributed by atoms with Crippen LogP contribution in [0.15, 0.2) is 55.0 Å². The van der Waals surface area contributed by atoms with Gasteiger partial charge in [0.25, 0.3) is 0 Å². The van der Waals surface area contributed by atoms with E-state index in [9.17, 15) is 0 Å². The summed E-state index contributed by atoms with van der Waals surface area (Å²) < 4.78 is 33.5. The van der Waals surface area contributed by atoms with Gasteiger partial charge in [-0.25, -0.2) is 18.7 Å². The molecule has 2 nitrogen and oxygen atoms in total. The number of halogens is 4. The molecular formula is C26H16Br2F2N2S4. The van der Waals surface area contributed by atoms with E-state index in [4.69, 9.17) is 9.97 Å². The summed E-state index contributed by atoms with van der Waals surface area (Å²) in [5, 5.41) is 0.0645. The van der Waals surface area contributed by atoms with E-state index in [0.29, 0.717) is 20.8 Å². The standard InChI is InChI=1S/C26H16Br2F2N2S4/c1-11-3-5-15(33-11)23-24(16-6-4-12(2)34-16)32-26-20(14-8-10-18(28)36-14)22(30)21(29)19(25(26)31-23)13-7-9-17(27)35-13/h3-5,7-10,16H,6H2,1-2H3. The second-order valence-corrected chi connectivity index (χ2v) is 16.0. The topological polar surface area (TPSA) is 25.8 Å². The second-order valence-electron chi connectivity index (χ2n) is 8.31. The molecule has 1 atom stereocenters. The number of hydrogen-bond acceptors (Lipinski definition) is 6. The Labute approximate surface area is 239 Å². The maximum atomic E-state index is 15.9. The van der Waals surface area contributed by atoms with Gasteiger partial charge < -0.3 is 0 Å². The summed E-state index contributed by atoms with van der Waals surface area (Å²) in [5.74, 6) is -1.80. The molecule has 4 aromatic heterocycles. The number of nitrogens with zero attached hydrogens (tertiary/aromatic N) is 2. The molecule has 0 amide bonds. The Balaban J connectivity index is 1.74. The maximum absolute atomic E-state index is 15.9. The molecule has 5 aromatic rings. The first kappa shape index (κ1) is 24.9. The summed E-state index contributed by atoms with van der Waals surface area (Å²) in [6, 6.07) is 11.3. The van der Waals surface area contributed by atoms with Crippen LogP contribution in [0.25, 0.3) is 42.5 Å². The molecule has 1 aromatic carbocycles. The minimum atomic E-state index is -0.903. The van der Waals surface area contributed by atoms with Crippen molar-refractivity contribution < 1.29 is 8.78 Å². The number of thioether (sulfide) groups is 1. The minimum Gasteiger partial charge on any atom is -0.247 e. The van der Waals surface area contributed by atoms with E-state index in [0.717, 1.165) is 35.1 Å². The molecule has 0 N–H and O–H groups in total.